The standard InChI is InChI=1S/C30H36Cl2FN3O5S/c1-30(2,13-5-6-20-11-14-34-15-12-20)35-18-23(37)19-36(3)42(40,41)29-24(31)16-22(17-25(29)32)28-21(9-10-27(38)39)7-4-8-26(28)33/h4,7-8,11-12,14-17,23,35,37H,5-6,9-10,13,18-19H2,1-3H3,(H,38,39)/t23-/m1/s1. The molecule has 0 aliphatic heterocycles. The van der Waals surface area contributed by atoms with Gasteiger partial charge in [-0.25, -0.2) is 12.8 Å². The Kier molecular flexibility index (Phi) is 11.9. The molecule has 42 heavy (non-hydrogen) atoms. The lowest BCUT2D eigenvalue weighted by atomic mass is 9.95. The number of likely N-dealkylation sites (N-methyl/N-ethyl adjacent to an activating group) is 1. The summed E-state index contributed by atoms with van der Waals surface area (Å²) in [4.78, 5) is 14.7. The molecule has 0 saturated heterocycles. The smallest absolute Gasteiger partial charge is 0.303 e. The first kappa shape index (κ1) is 33.9. The second-order valence-corrected chi connectivity index (χ2v) is 13.6. The highest BCUT2D eigenvalue weighted by Crippen LogP contribution is 2.38. The van der Waals surface area contributed by atoms with Gasteiger partial charge in [-0.2, -0.15) is 4.31 Å². The van der Waals surface area contributed by atoms with E-state index in [1.54, 1.807) is 18.5 Å². The second kappa shape index (κ2) is 14.7. The Bertz CT molecular complexity index is 1470. The number of sulfonamides is 1. The van der Waals surface area contributed by atoms with Gasteiger partial charge in [-0.3, -0.25) is 9.78 Å². The first-order valence-corrected chi connectivity index (χ1v) is 15.7. The van der Waals surface area contributed by atoms with Gasteiger partial charge < -0.3 is 15.5 Å². The van der Waals surface area contributed by atoms with E-state index in [2.05, 4.69) is 10.3 Å². The zero-order chi connectivity index (χ0) is 31.1. The minimum atomic E-state index is -4.23. The van der Waals surface area contributed by atoms with Crippen LogP contribution in [0.25, 0.3) is 11.1 Å². The Hall–Kier alpha value is -2.60. The van der Waals surface area contributed by atoms with Crippen molar-refractivity contribution in [3.8, 4) is 11.1 Å². The molecule has 1 aromatic heterocycles. The average Bonchev–Trinajstić information content (AvgIpc) is 2.90. The molecule has 0 aliphatic carbocycles. The maximum Gasteiger partial charge on any atom is 0.303 e. The number of hydrogen-bond acceptors (Lipinski definition) is 6. The molecule has 12 heteroatoms. The highest BCUT2D eigenvalue weighted by atomic mass is 35.5. The number of aliphatic carboxylic acids is 1. The molecule has 1 atom stereocenters. The summed E-state index contributed by atoms with van der Waals surface area (Å²) >= 11 is 12.8. The van der Waals surface area contributed by atoms with E-state index in [1.165, 1.54) is 36.9 Å². The summed E-state index contributed by atoms with van der Waals surface area (Å²) in [6.45, 7) is 3.99. The van der Waals surface area contributed by atoms with E-state index < -0.39 is 27.9 Å². The molecule has 8 nitrogen and oxygen atoms in total. The van der Waals surface area contributed by atoms with E-state index in [-0.39, 0.29) is 57.5 Å². The largest absolute Gasteiger partial charge is 0.481 e. The fourth-order valence-corrected chi connectivity index (χ4v) is 7.04. The fourth-order valence-electron chi connectivity index (χ4n) is 4.67. The molecule has 0 fully saturated rings. The average molecular weight is 641 g/mol. The molecule has 0 saturated carbocycles. The van der Waals surface area contributed by atoms with Crippen molar-refractivity contribution in [2.24, 2.45) is 0 Å². The maximum absolute atomic E-state index is 14.8. The molecule has 2 aromatic carbocycles. The third-order valence-electron chi connectivity index (χ3n) is 6.96. The predicted molar refractivity (Wildman–Crippen MR) is 163 cm³/mol. The summed E-state index contributed by atoms with van der Waals surface area (Å²) in [5, 5.41) is 22.6. The predicted octanol–water partition coefficient (Wildman–Crippen LogP) is 5.58. The molecule has 228 valence electrons. The molecule has 1 heterocycles. The van der Waals surface area contributed by atoms with Crippen molar-refractivity contribution in [3.63, 3.8) is 0 Å². The van der Waals surface area contributed by atoms with Crippen molar-refractivity contribution in [2.75, 3.05) is 20.1 Å². The van der Waals surface area contributed by atoms with Gasteiger partial charge in [-0.15, -0.1) is 0 Å². The topological polar surface area (TPSA) is 120 Å². The molecule has 0 radical (unpaired) electrons. The van der Waals surface area contributed by atoms with Crippen LogP contribution in [0.15, 0.2) is 59.8 Å². The van der Waals surface area contributed by atoms with Crippen LogP contribution in [0.3, 0.4) is 0 Å². The molecule has 0 spiro atoms. The first-order valence-electron chi connectivity index (χ1n) is 13.5. The summed E-state index contributed by atoms with van der Waals surface area (Å²) in [6, 6.07) is 10.8. The monoisotopic (exact) mass is 639 g/mol. The van der Waals surface area contributed by atoms with Crippen molar-refractivity contribution in [2.45, 2.75) is 62.5 Å². The number of pyridine rings is 1. The highest BCUT2D eigenvalue weighted by Gasteiger charge is 2.30. The van der Waals surface area contributed by atoms with Crippen molar-refractivity contribution in [3.05, 3.63) is 81.8 Å². The number of aromatic nitrogens is 1. The number of carbonyl (C=O) groups is 1. The molecule has 0 unspecified atom stereocenters. The summed E-state index contributed by atoms with van der Waals surface area (Å²) in [5.41, 5.74) is 1.66. The molecule has 0 amide bonds. The highest BCUT2D eigenvalue weighted by molar-refractivity contribution is 7.89. The number of benzene rings is 2. The van der Waals surface area contributed by atoms with Crippen LogP contribution in [0.5, 0.6) is 0 Å². The Balaban J connectivity index is 1.68. The van der Waals surface area contributed by atoms with Crippen molar-refractivity contribution < 1.29 is 27.8 Å². The number of carboxylic acids is 1. The van der Waals surface area contributed by atoms with Gasteiger partial charge in [0, 0.05) is 50.1 Å². The van der Waals surface area contributed by atoms with E-state index in [4.69, 9.17) is 28.3 Å². The fraction of sp³-hybridized carbons (Fsp3) is 0.400. The summed E-state index contributed by atoms with van der Waals surface area (Å²) < 4.78 is 42.7. The van der Waals surface area contributed by atoms with Gasteiger partial charge in [-0.1, -0.05) is 35.3 Å². The molecule has 3 aromatic rings. The van der Waals surface area contributed by atoms with Crippen LogP contribution >= 0.6 is 23.2 Å². The summed E-state index contributed by atoms with van der Waals surface area (Å²) in [6.07, 6.45) is 5.03. The minimum Gasteiger partial charge on any atom is -0.481 e. The maximum atomic E-state index is 14.8. The second-order valence-electron chi connectivity index (χ2n) is 10.8. The van der Waals surface area contributed by atoms with Gasteiger partial charge in [0.1, 0.15) is 10.7 Å². The van der Waals surface area contributed by atoms with Gasteiger partial charge in [0.2, 0.25) is 10.0 Å². The van der Waals surface area contributed by atoms with Crippen LogP contribution in [0.1, 0.15) is 44.2 Å². The summed E-state index contributed by atoms with van der Waals surface area (Å²) in [7, 11) is -2.91. The van der Waals surface area contributed by atoms with Gasteiger partial charge >= 0.3 is 5.97 Å². The number of halogens is 3. The number of nitrogens with one attached hydrogen (secondary N) is 1. The van der Waals surface area contributed by atoms with Crippen LogP contribution in [-0.2, 0) is 27.7 Å². The third-order valence-corrected chi connectivity index (χ3v) is 9.71. The van der Waals surface area contributed by atoms with E-state index in [0.717, 1.165) is 23.6 Å². The lowest BCUT2D eigenvalue weighted by Crippen LogP contribution is -2.46. The molecular formula is C30H36Cl2FN3O5S. The van der Waals surface area contributed by atoms with Crippen LogP contribution in [0.2, 0.25) is 10.0 Å². The molecule has 3 rings (SSSR count). The number of aliphatic hydroxyl groups is 1. The number of aryl methyl sites for hydroxylation is 2. The van der Waals surface area contributed by atoms with Crippen LogP contribution in [-0.4, -0.2) is 65.7 Å². The number of rotatable bonds is 15. The number of nitrogens with zero attached hydrogens (tertiary/aromatic N) is 2. The van der Waals surface area contributed by atoms with Crippen LogP contribution < -0.4 is 5.32 Å². The van der Waals surface area contributed by atoms with Gasteiger partial charge in [0.25, 0.3) is 0 Å². The normalized spacial score (nSPS) is 13.0. The molecule has 0 aliphatic rings. The zero-order valence-corrected chi connectivity index (χ0v) is 26.1. The van der Waals surface area contributed by atoms with Crippen LogP contribution in [0, 0.1) is 5.82 Å². The Morgan fingerprint density at radius 1 is 1.12 bits per heavy atom. The molecule has 3 N–H and O–H groups in total. The first-order chi connectivity index (χ1) is 19.7. The van der Waals surface area contributed by atoms with Gasteiger partial charge in [0.15, 0.2) is 0 Å². The van der Waals surface area contributed by atoms with Crippen LogP contribution in [0.4, 0.5) is 4.39 Å². The Morgan fingerprint density at radius 3 is 2.38 bits per heavy atom. The van der Waals surface area contributed by atoms with E-state index in [1.807, 2.05) is 26.0 Å². The summed E-state index contributed by atoms with van der Waals surface area (Å²) in [5.74, 6) is -1.65. The minimum absolute atomic E-state index is 0.0634. The lowest BCUT2D eigenvalue weighted by Gasteiger charge is -2.29. The third kappa shape index (κ3) is 9.20. The number of aliphatic hydroxyl groups excluding tert-OH is 1. The Labute approximate surface area is 256 Å². The van der Waals surface area contributed by atoms with E-state index in [0.29, 0.717) is 5.56 Å². The number of β-amino-alcohol motifs (C(OH)–C–C–N with tert-alkyl or cyclic N) is 1. The lowest BCUT2D eigenvalue weighted by molar-refractivity contribution is -0.136. The van der Waals surface area contributed by atoms with Gasteiger partial charge in [0.05, 0.1) is 16.1 Å². The van der Waals surface area contributed by atoms with Crippen molar-refractivity contribution >= 4 is 39.2 Å². The SMILES string of the molecule is CN(C[C@H](O)CNC(C)(C)CCCc1ccncc1)S(=O)(=O)c1c(Cl)cc(-c2c(F)cccc2CCC(=O)O)cc1Cl. The quantitative estimate of drug-likeness (QED) is 0.198. The molecular weight excluding hydrogens is 604 g/mol. The number of hydrogen-bond donors (Lipinski definition) is 3. The van der Waals surface area contributed by atoms with Crippen molar-refractivity contribution in [1.82, 2.24) is 14.6 Å². The molecule has 0 bridgehead atoms. The zero-order valence-electron chi connectivity index (χ0n) is 23.8. The van der Waals surface area contributed by atoms with Gasteiger partial charge in [-0.05, 0) is 86.6 Å². The Morgan fingerprint density at radius 2 is 1.76 bits per heavy atom. The van der Waals surface area contributed by atoms with E-state index >= 15 is 0 Å². The number of carboxylic acid groups (broad SMARTS) is 1. The van der Waals surface area contributed by atoms with E-state index in [9.17, 15) is 22.7 Å². The van der Waals surface area contributed by atoms with Crippen molar-refractivity contribution in [1.29, 1.82) is 0 Å².